The predicted molar refractivity (Wildman–Crippen MR) is 86.7 cm³/mol. The Morgan fingerprint density at radius 2 is 2.10 bits per heavy atom. The predicted octanol–water partition coefficient (Wildman–Crippen LogP) is 3.05. The lowest BCUT2D eigenvalue weighted by Crippen LogP contribution is -2.50. The molecule has 3 rings (SSSR count). The first-order valence-electron chi connectivity index (χ1n) is 8.45. The zero-order valence-electron chi connectivity index (χ0n) is 13.2. The van der Waals surface area contributed by atoms with Gasteiger partial charge in [-0.1, -0.05) is 18.2 Å². The van der Waals surface area contributed by atoms with E-state index in [0.29, 0.717) is 5.41 Å². The molecule has 21 heavy (non-hydrogen) atoms. The van der Waals surface area contributed by atoms with E-state index < -0.39 is 0 Å². The third-order valence-electron chi connectivity index (χ3n) is 4.97. The molecule has 116 valence electrons. The summed E-state index contributed by atoms with van der Waals surface area (Å²) in [5.74, 6) is 1.06. The van der Waals surface area contributed by atoms with Crippen molar-refractivity contribution >= 4 is 0 Å². The Hall–Kier alpha value is -1.06. The Bertz CT molecular complexity index is 449. The van der Waals surface area contributed by atoms with Crippen molar-refractivity contribution in [3.8, 4) is 5.75 Å². The summed E-state index contributed by atoms with van der Waals surface area (Å²) in [4.78, 5) is 2.63. The summed E-state index contributed by atoms with van der Waals surface area (Å²) in [5, 5.41) is 3.61. The molecule has 2 fully saturated rings. The highest BCUT2D eigenvalue weighted by atomic mass is 16.5. The Kier molecular flexibility index (Phi) is 4.81. The molecule has 1 unspecified atom stereocenters. The van der Waals surface area contributed by atoms with Crippen molar-refractivity contribution in [3.63, 3.8) is 0 Å². The zero-order valence-corrected chi connectivity index (χ0v) is 13.2. The minimum Gasteiger partial charge on any atom is -0.494 e. The van der Waals surface area contributed by atoms with Crippen LogP contribution in [0, 0.1) is 5.41 Å². The van der Waals surface area contributed by atoms with Gasteiger partial charge in [0.2, 0.25) is 0 Å². The van der Waals surface area contributed by atoms with Crippen LogP contribution in [0.25, 0.3) is 0 Å². The van der Waals surface area contributed by atoms with Crippen molar-refractivity contribution in [1.82, 2.24) is 10.2 Å². The van der Waals surface area contributed by atoms with Crippen molar-refractivity contribution in [3.05, 3.63) is 29.8 Å². The summed E-state index contributed by atoms with van der Waals surface area (Å²) >= 11 is 0. The third kappa shape index (κ3) is 3.58. The maximum atomic E-state index is 5.78. The fourth-order valence-corrected chi connectivity index (χ4v) is 4.00. The van der Waals surface area contributed by atoms with Crippen LogP contribution in [-0.4, -0.2) is 37.7 Å². The second-order valence-electron chi connectivity index (χ2n) is 6.64. The normalized spacial score (nSPS) is 26.9. The van der Waals surface area contributed by atoms with Crippen molar-refractivity contribution in [1.29, 1.82) is 0 Å². The molecule has 1 atom stereocenters. The highest BCUT2D eigenvalue weighted by molar-refractivity contribution is 5.33. The lowest BCUT2D eigenvalue weighted by atomic mass is 9.74. The average Bonchev–Trinajstić information content (AvgIpc) is 2.50. The summed E-state index contributed by atoms with van der Waals surface area (Å²) in [7, 11) is 0. The van der Waals surface area contributed by atoms with Crippen LogP contribution in [0.2, 0.25) is 0 Å². The molecule has 0 bridgehead atoms. The number of ether oxygens (including phenoxy) is 1. The quantitative estimate of drug-likeness (QED) is 0.921. The number of nitrogens with one attached hydrogen (secondary N) is 1. The summed E-state index contributed by atoms with van der Waals surface area (Å²) in [6.45, 7) is 8.69. The highest BCUT2D eigenvalue weighted by Gasteiger charge is 2.36. The molecule has 0 amide bonds. The van der Waals surface area contributed by atoms with Gasteiger partial charge in [0.05, 0.1) is 6.61 Å². The molecule has 0 radical (unpaired) electrons. The largest absolute Gasteiger partial charge is 0.494 e. The molecule has 3 heteroatoms. The number of hydrogen-bond acceptors (Lipinski definition) is 3. The van der Waals surface area contributed by atoms with Crippen LogP contribution in [0.1, 0.15) is 38.2 Å². The second kappa shape index (κ2) is 6.80. The smallest absolute Gasteiger partial charge is 0.123 e. The molecule has 2 aliphatic rings. The summed E-state index contributed by atoms with van der Waals surface area (Å²) < 4.78 is 5.78. The average molecular weight is 288 g/mol. The minimum absolute atomic E-state index is 0.525. The zero-order chi connectivity index (χ0) is 14.5. The molecule has 2 aliphatic heterocycles. The van der Waals surface area contributed by atoms with Crippen LogP contribution < -0.4 is 10.1 Å². The lowest BCUT2D eigenvalue weighted by molar-refractivity contribution is 0.0595. The molecule has 1 N–H and O–H groups in total. The first kappa shape index (κ1) is 14.9. The van der Waals surface area contributed by atoms with Crippen molar-refractivity contribution in [2.75, 3.05) is 32.8 Å². The van der Waals surface area contributed by atoms with Gasteiger partial charge >= 0.3 is 0 Å². The van der Waals surface area contributed by atoms with Crippen LogP contribution in [-0.2, 0) is 6.54 Å². The lowest BCUT2D eigenvalue weighted by Gasteiger charge is -2.45. The van der Waals surface area contributed by atoms with Gasteiger partial charge < -0.3 is 10.1 Å². The third-order valence-corrected chi connectivity index (χ3v) is 4.97. The fraction of sp³-hybridized carbons (Fsp3) is 0.667. The van der Waals surface area contributed by atoms with E-state index in [0.717, 1.165) is 18.9 Å². The van der Waals surface area contributed by atoms with Gasteiger partial charge in [0.15, 0.2) is 0 Å². The van der Waals surface area contributed by atoms with Crippen molar-refractivity contribution in [2.45, 2.75) is 39.2 Å². The maximum Gasteiger partial charge on any atom is 0.123 e. The SMILES string of the molecule is CCOc1ccccc1CN1CCCC2(CCCNC2)C1. The maximum absolute atomic E-state index is 5.78. The summed E-state index contributed by atoms with van der Waals surface area (Å²) in [6.07, 6.45) is 5.45. The molecular formula is C18H28N2O. The summed E-state index contributed by atoms with van der Waals surface area (Å²) in [6, 6.07) is 8.50. The van der Waals surface area contributed by atoms with Gasteiger partial charge in [0, 0.05) is 25.2 Å². The number of para-hydroxylation sites is 1. The van der Waals surface area contributed by atoms with Crippen LogP contribution in [0.15, 0.2) is 24.3 Å². The number of hydrogen-bond donors (Lipinski definition) is 1. The second-order valence-corrected chi connectivity index (χ2v) is 6.64. The molecule has 0 aromatic heterocycles. The molecule has 0 aliphatic carbocycles. The van der Waals surface area contributed by atoms with Gasteiger partial charge in [-0.2, -0.15) is 0 Å². The molecule has 1 spiro atoms. The van der Waals surface area contributed by atoms with Gasteiger partial charge in [-0.3, -0.25) is 4.90 Å². The van der Waals surface area contributed by atoms with E-state index >= 15 is 0 Å². The molecule has 1 aromatic carbocycles. The molecule has 1 aromatic rings. The topological polar surface area (TPSA) is 24.5 Å². The Balaban J connectivity index is 1.67. The molecule has 2 heterocycles. The first-order valence-corrected chi connectivity index (χ1v) is 8.45. The number of benzene rings is 1. The van der Waals surface area contributed by atoms with Gasteiger partial charge in [-0.05, 0) is 57.2 Å². The van der Waals surface area contributed by atoms with E-state index in [2.05, 4.69) is 41.4 Å². The monoisotopic (exact) mass is 288 g/mol. The molecular weight excluding hydrogens is 260 g/mol. The van der Waals surface area contributed by atoms with Gasteiger partial charge in [-0.15, -0.1) is 0 Å². The van der Waals surface area contributed by atoms with Crippen molar-refractivity contribution < 1.29 is 4.74 Å². The van der Waals surface area contributed by atoms with E-state index in [9.17, 15) is 0 Å². The number of rotatable bonds is 4. The molecule has 0 saturated carbocycles. The number of nitrogens with zero attached hydrogens (tertiary/aromatic N) is 1. The minimum atomic E-state index is 0.525. The van der Waals surface area contributed by atoms with Crippen molar-refractivity contribution in [2.24, 2.45) is 5.41 Å². The van der Waals surface area contributed by atoms with Crippen LogP contribution in [0.5, 0.6) is 5.75 Å². The fourth-order valence-electron chi connectivity index (χ4n) is 4.00. The van der Waals surface area contributed by atoms with Crippen LogP contribution in [0.4, 0.5) is 0 Å². The van der Waals surface area contributed by atoms with E-state index in [-0.39, 0.29) is 0 Å². The Morgan fingerprint density at radius 3 is 2.90 bits per heavy atom. The first-order chi connectivity index (χ1) is 10.3. The van der Waals surface area contributed by atoms with Gasteiger partial charge in [0.1, 0.15) is 5.75 Å². The molecule has 2 saturated heterocycles. The van der Waals surface area contributed by atoms with Gasteiger partial charge in [-0.25, -0.2) is 0 Å². The Labute approximate surface area is 128 Å². The van der Waals surface area contributed by atoms with E-state index in [1.54, 1.807) is 0 Å². The standard InChI is InChI=1S/C18H28N2O/c1-2-21-17-8-4-3-7-16(17)13-20-12-6-10-18(15-20)9-5-11-19-14-18/h3-4,7-8,19H,2,5-6,9-15H2,1H3. The molecule has 3 nitrogen and oxygen atoms in total. The van der Waals surface area contributed by atoms with Crippen LogP contribution >= 0.6 is 0 Å². The Morgan fingerprint density at radius 1 is 1.24 bits per heavy atom. The highest BCUT2D eigenvalue weighted by Crippen LogP contribution is 2.36. The number of piperidine rings is 2. The van der Waals surface area contributed by atoms with Gasteiger partial charge in [0.25, 0.3) is 0 Å². The van der Waals surface area contributed by atoms with E-state index in [1.807, 2.05) is 0 Å². The summed E-state index contributed by atoms with van der Waals surface area (Å²) in [5.41, 5.74) is 1.86. The van der Waals surface area contributed by atoms with E-state index in [4.69, 9.17) is 4.74 Å². The number of likely N-dealkylation sites (tertiary alicyclic amines) is 1. The van der Waals surface area contributed by atoms with E-state index in [1.165, 1.54) is 57.4 Å². The van der Waals surface area contributed by atoms with Crippen LogP contribution in [0.3, 0.4) is 0 Å².